The van der Waals surface area contributed by atoms with Crippen molar-refractivity contribution in [3.63, 3.8) is 0 Å². The quantitative estimate of drug-likeness (QED) is 0.891. The monoisotopic (exact) mass is 365 g/mol. The minimum atomic E-state index is -0.531. The Labute approximate surface area is 154 Å². The van der Waals surface area contributed by atoms with Gasteiger partial charge in [-0.25, -0.2) is 9.59 Å². The highest BCUT2D eigenvalue weighted by atomic mass is 16.6. The van der Waals surface area contributed by atoms with Gasteiger partial charge in [-0.2, -0.15) is 0 Å². The fourth-order valence-electron chi connectivity index (χ4n) is 2.50. The lowest BCUT2D eigenvalue weighted by molar-refractivity contribution is 0.0174. The zero-order valence-corrected chi connectivity index (χ0v) is 16.0. The summed E-state index contributed by atoms with van der Waals surface area (Å²) in [5.74, 6) is 1.18. The highest BCUT2D eigenvalue weighted by molar-refractivity contribution is 5.90. The molecule has 8 heteroatoms. The Morgan fingerprint density at radius 3 is 1.88 bits per heavy atom. The van der Waals surface area contributed by atoms with Gasteiger partial charge >= 0.3 is 12.1 Å². The molecule has 1 aromatic rings. The third kappa shape index (κ3) is 5.44. The van der Waals surface area contributed by atoms with E-state index in [0.717, 1.165) is 0 Å². The molecule has 0 aromatic heterocycles. The summed E-state index contributed by atoms with van der Waals surface area (Å²) in [6.07, 6.45) is -0.352. The average Bonchev–Trinajstić information content (AvgIpc) is 2.60. The summed E-state index contributed by atoms with van der Waals surface area (Å²) >= 11 is 0. The van der Waals surface area contributed by atoms with Crippen molar-refractivity contribution in [2.24, 2.45) is 0 Å². The van der Waals surface area contributed by atoms with E-state index in [1.807, 2.05) is 20.8 Å². The topological polar surface area (TPSA) is 80.3 Å². The molecule has 1 aromatic carbocycles. The number of benzene rings is 1. The number of hydrogen-bond acceptors (Lipinski definition) is 5. The average molecular weight is 365 g/mol. The maximum Gasteiger partial charge on any atom is 0.410 e. The van der Waals surface area contributed by atoms with Crippen LogP contribution >= 0.6 is 0 Å². The maximum atomic E-state index is 12.5. The van der Waals surface area contributed by atoms with E-state index in [1.165, 1.54) is 0 Å². The van der Waals surface area contributed by atoms with E-state index >= 15 is 0 Å². The lowest BCUT2D eigenvalue weighted by atomic mass is 10.2. The summed E-state index contributed by atoms with van der Waals surface area (Å²) in [5, 5.41) is 2.84. The fourth-order valence-corrected chi connectivity index (χ4v) is 2.50. The first-order valence-corrected chi connectivity index (χ1v) is 8.49. The summed E-state index contributed by atoms with van der Waals surface area (Å²) < 4.78 is 15.8. The Hall–Kier alpha value is -2.64. The first kappa shape index (κ1) is 19.7. The van der Waals surface area contributed by atoms with E-state index in [2.05, 4.69) is 5.32 Å². The van der Waals surface area contributed by atoms with Gasteiger partial charge < -0.3 is 29.3 Å². The minimum absolute atomic E-state index is 0.232. The molecule has 1 aliphatic heterocycles. The third-order valence-electron chi connectivity index (χ3n) is 3.82. The van der Waals surface area contributed by atoms with Crippen LogP contribution in [-0.2, 0) is 4.74 Å². The van der Waals surface area contributed by atoms with Gasteiger partial charge in [0.05, 0.1) is 14.2 Å². The molecular weight excluding hydrogens is 338 g/mol. The number of piperazine rings is 1. The molecule has 1 aliphatic rings. The highest BCUT2D eigenvalue weighted by Gasteiger charge is 2.27. The van der Waals surface area contributed by atoms with Crippen LogP contribution in [0.25, 0.3) is 0 Å². The van der Waals surface area contributed by atoms with Crippen LogP contribution in [0, 0.1) is 0 Å². The molecule has 0 spiro atoms. The second-order valence-electron chi connectivity index (χ2n) is 6.99. The number of amides is 3. The van der Waals surface area contributed by atoms with E-state index in [1.54, 1.807) is 42.2 Å². The van der Waals surface area contributed by atoms with Crippen LogP contribution < -0.4 is 14.8 Å². The molecule has 144 valence electrons. The molecule has 0 bridgehead atoms. The second-order valence-corrected chi connectivity index (χ2v) is 6.99. The smallest absolute Gasteiger partial charge is 0.410 e. The number of urea groups is 1. The summed E-state index contributed by atoms with van der Waals surface area (Å²) in [5.41, 5.74) is 0.0533. The predicted molar refractivity (Wildman–Crippen MR) is 97.9 cm³/mol. The van der Waals surface area contributed by atoms with E-state index in [0.29, 0.717) is 43.4 Å². The van der Waals surface area contributed by atoms with Crippen molar-refractivity contribution >= 4 is 17.8 Å². The van der Waals surface area contributed by atoms with Crippen LogP contribution in [0.15, 0.2) is 18.2 Å². The van der Waals surface area contributed by atoms with Gasteiger partial charge in [-0.1, -0.05) is 0 Å². The van der Waals surface area contributed by atoms with Gasteiger partial charge in [-0.15, -0.1) is 0 Å². The normalized spacial score (nSPS) is 14.7. The third-order valence-corrected chi connectivity index (χ3v) is 3.82. The number of carbonyl (C=O) groups is 2. The molecule has 1 N–H and O–H groups in total. The molecule has 8 nitrogen and oxygen atoms in total. The van der Waals surface area contributed by atoms with Crippen LogP contribution in [0.5, 0.6) is 11.5 Å². The zero-order chi connectivity index (χ0) is 19.3. The largest absolute Gasteiger partial charge is 0.497 e. The molecule has 1 fully saturated rings. The first-order valence-electron chi connectivity index (χ1n) is 8.49. The number of anilines is 1. The number of methoxy groups -OCH3 is 2. The highest BCUT2D eigenvalue weighted by Crippen LogP contribution is 2.26. The van der Waals surface area contributed by atoms with Crippen LogP contribution in [0.1, 0.15) is 20.8 Å². The van der Waals surface area contributed by atoms with Crippen LogP contribution in [-0.4, -0.2) is 67.9 Å². The summed E-state index contributed by atoms with van der Waals surface area (Å²) in [6, 6.07) is 4.94. The Kier molecular flexibility index (Phi) is 6.18. The van der Waals surface area contributed by atoms with Crippen molar-refractivity contribution in [1.29, 1.82) is 0 Å². The summed E-state index contributed by atoms with van der Waals surface area (Å²) in [7, 11) is 3.10. The molecule has 0 radical (unpaired) electrons. The van der Waals surface area contributed by atoms with E-state index in [4.69, 9.17) is 14.2 Å². The van der Waals surface area contributed by atoms with E-state index < -0.39 is 5.60 Å². The Balaban J connectivity index is 1.91. The molecule has 26 heavy (non-hydrogen) atoms. The van der Waals surface area contributed by atoms with Crippen molar-refractivity contribution in [3.05, 3.63) is 18.2 Å². The number of hydrogen-bond donors (Lipinski definition) is 1. The molecule has 0 unspecified atom stereocenters. The number of nitrogens with one attached hydrogen (secondary N) is 1. The molecule has 3 amide bonds. The lowest BCUT2D eigenvalue weighted by Crippen LogP contribution is -2.52. The van der Waals surface area contributed by atoms with Gasteiger partial charge in [0.25, 0.3) is 0 Å². The van der Waals surface area contributed by atoms with E-state index in [-0.39, 0.29) is 12.1 Å². The lowest BCUT2D eigenvalue weighted by Gasteiger charge is -2.35. The van der Waals surface area contributed by atoms with Gasteiger partial charge in [0.1, 0.15) is 17.1 Å². The van der Waals surface area contributed by atoms with Gasteiger partial charge in [0.15, 0.2) is 0 Å². The number of ether oxygens (including phenoxy) is 3. The standard InChI is InChI=1S/C18H27N3O5/c1-18(2,3)26-17(23)21-8-6-20(7-9-21)16(22)19-13-10-14(24-4)12-15(11-13)25-5/h10-12H,6-9H2,1-5H3,(H,19,22). The molecule has 0 saturated carbocycles. The number of carbonyl (C=O) groups excluding carboxylic acids is 2. The molecule has 0 atom stereocenters. The minimum Gasteiger partial charge on any atom is -0.497 e. The van der Waals surface area contributed by atoms with E-state index in [9.17, 15) is 9.59 Å². The van der Waals surface area contributed by atoms with Gasteiger partial charge in [-0.05, 0) is 20.8 Å². The van der Waals surface area contributed by atoms with Crippen LogP contribution in [0.2, 0.25) is 0 Å². The SMILES string of the molecule is COc1cc(NC(=O)N2CCN(C(=O)OC(C)(C)C)CC2)cc(OC)c1. The Bertz CT molecular complexity index is 626. The van der Waals surface area contributed by atoms with Crippen molar-refractivity contribution in [2.75, 3.05) is 45.7 Å². The molecule has 2 rings (SSSR count). The predicted octanol–water partition coefficient (Wildman–Crippen LogP) is 2.79. The second kappa shape index (κ2) is 8.16. The van der Waals surface area contributed by atoms with Crippen LogP contribution in [0.3, 0.4) is 0 Å². The maximum absolute atomic E-state index is 12.5. The number of nitrogens with zero attached hydrogens (tertiary/aromatic N) is 2. The van der Waals surface area contributed by atoms with Gasteiger partial charge in [0.2, 0.25) is 0 Å². The van der Waals surface area contributed by atoms with Crippen LogP contribution in [0.4, 0.5) is 15.3 Å². The van der Waals surface area contributed by atoms with Crippen molar-refractivity contribution in [1.82, 2.24) is 9.80 Å². The molecular formula is C18H27N3O5. The Morgan fingerprint density at radius 2 is 1.42 bits per heavy atom. The zero-order valence-electron chi connectivity index (χ0n) is 16.0. The van der Waals surface area contributed by atoms with Crippen molar-refractivity contribution < 1.29 is 23.8 Å². The molecule has 1 heterocycles. The van der Waals surface area contributed by atoms with Crippen molar-refractivity contribution in [2.45, 2.75) is 26.4 Å². The fraction of sp³-hybridized carbons (Fsp3) is 0.556. The number of rotatable bonds is 3. The van der Waals surface area contributed by atoms with Gasteiger partial charge in [-0.3, -0.25) is 0 Å². The van der Waals surface area contributed by atoms with Crippen molar-refractivity contribution in [3.8, 4) is 11.5 Å². The first-order chi connectivity index (χ1) is 12.2. The van der Waals surface area contributed by atoms with Gasteiger partial charge in [0, 0.05) is 50.1 Å². The molecule has 1 saturated heterocycles. The summed E-state index contributed by atoms with van der Waals surface area (Å²) in [6.45, 7) is 7.23. The molecule has 0 aliphatic carbocycles. The Morgan fingerprint density at radius 1 is 0.923 bits per heavy atom. The summed E-state index contributed by atoms with van der Waals surface area (Å²) in [4.78, 5) is 27.8.